The van der Waals surface area contributed by atoms with E-state index in [1.165, 1.54) is 0 Å². The van der Waals surface area contributed by atoms with Crippen molar-refractivity contribution in [2.45, 2.75) is 70.6 Å². The van der Waals surface area contributed by atoms with E-state index in [2.05, 4.69) is 15.3 Å². The van der Waals surface area contributed by atoms with Crippen molar-refractivity contribution in [2.24, 2.45) is 5.92 Å². The molecule has 1 amide bonds. The van der Waals surface area contributed by atoms with Gasteiger partial charge < -0.3 is 19.9 Å². The third kappa shape index (κ3) is 5.79. The zero-order valence-corrected chi connectivity index (χ0v) is 17.6. The number of methoxy groups -OCH3 is 1. The number of rotatable bonds is 5. The molecule has 3 rings (SSSR count). The molecule has 1 saturated carbocycles. The number of nitrogens with one attached hydrogen (secondary N) is 1. The van der Waals surface area contributed by atoms with Gasteiger partial charge in [0, 0.05) is 23.9 Å². The molecule has 1 unspecified atom stereocenters. The summed E-state index contributed by atoms with van der Waals surface area (Å²) in [6, 6.07) is 5.58. The minimum absolute atomic E-state index is 0.130. The van der Waals surface area contributed by atoms with Crippen LogP contribution in [0.5, 0.6) is 5.88 Å². The number of fused-ring (bicyclic) bond motifs is 1. The molecule has 1 atom stereocenters. The number of carbonyl (C=O) groups is 1. The number of amides is 1. The van der Waals surface area contributed by atoms with Gasteiger partial charge in [-0.3, -0.25) is 4.98 Å². The van der Waals surface area contributed by atoms with E-state index >= 15 is 0 Å². The summed E-state index contributed by atoms with van der Waals surface area (Å²) >= 11 is 0. The Balaban J connectivity index is 1.57. The number of hydrogen-bond acceptors (Lipinski definition) is 6. The fraction of sp³-hybridized carbons (Fsp3) is 0.591. The van der Waals surface area contributed by atoms with Crippen LogP contribution in [0.4, 0.5) is 4.79 Å². The lowest BCUT2D eigenvalue weighted by atomic mass is 9.82. The van der Waals surface area contributed by atoms with Crippen molar-refractivity contribution >= 4 is 17.1 Å². The van der Waals surface area contributed by atoms with E-state index < -0.39 is 11.7 Å². The van der Waals surface area contributed by atoms with Gasteiger partial charge in [-0.05, 0) is 70.9 Å². The molecule has 1 fully saturated rings. The van der Waals surface area contributed by atoms with E-state index in [4.69, 9.17) is 9.47 Å². The Morgan fingerprint density at radius 3 is 2.62 bits per heavy atom. The zero-order valence-electron chi connectivity index (χ0n) is 17.6. The number of aliphatic hydroxyl groups excluding tert-OH is 1. The van der Waals surface area contributed by atoms with Gasteiger partial charge in [-0.2, -0.15) is 0 Å². The summed E-state index contributed by atoms with van der Waals surface area (Å²) in [7, 11) is 1.57. The number of ether oxygens (including phenoxy) is 2. The van der Waals surface area contributed by atoms with Crippen molar-refractivity contribution in [1.29, 1.82) is 0 Å². The molecule has 0 bridgehead atoms. The van der Waals surface area contributed by atoms with Crippen LogP contribution in [0.15, 0.2) is 24.4 Å². The van der Waals surface area contributed by atoms with Crippen molar-refractivity contribution in [3.8, 4) is 5.88 Å². The van der Waals surface area contributed by atoms with Gasteiger partial charge in [-0.15, -0.1) is 0 Å². The zero-order chi connectivity index (χ0) is 21.0. The molecule has 7 heteroatoms. The molecule has 0 aliphatic heterocycles. The van der Waals surface area contributed by atoms with Crippen molar-refractivity contribution in [3.63, 3.8) is 0 Å². The number of aromatic nitrogens is 2. The predicted octanol–water partition coefficient (Wildman–Crippen LogP) is 4.15. The van der Waals surface area contributed by atoms with Gasteiger partial charge in [-0.25, -0.2) is 9.78 Å². The van der Waals surface area contributed by atoms with Crippen LogP contribution in [0.1, 0.15) is 64.5 Å². The highest BCUT2D eigenvalue weighted by atomic mass is 16.6. The molecule has 0 spiro atoms. The topological polar surface area (TPSA) is 93.6 Å². The standard InChI is InChI=1S/C22H31N3O4/c1-22(2,3)29-21(27)24-15-7-5-14(6-8-15)13-18(26)16-11-12-23-17-9-10-19(28-4)25-20(16)17/h9-12,14-15,18,26H,5-8,13H2,1-4H3,(H,24,27). The molecular formula is C22H31N3O4. The molecule has 158 valence electrons. The Morgan fingerprint density at radius 2 is 1.97 bits per heavy atom. The number of alkyl carbamates (subject to hydrolysis) is 1. The van der Waals surface area contributed by atoms with Crippen LogP contribution in [0.2, 0.25) is 0 Å². The third-order valence-electron chi connectivity index (χ3n) is 5.28. The first-order valence-corrected chi connectivity index (χ1v) is 10.2. The fourth-order valence-electron chi connectivity index (χ4n) is 3.87. The fourth-order valence-corrected chi connectivity index (χ4v) is 3.87. The molecule has 7 nitrogen and oxygen atoms in total. The maximum atomic E-state index is 12.0. The Morgan fingerprint density at radius 1 is 1.24 bits per heavy atom. The number of pyridine rings is 2. The van der Waals surface area contributed by atoms with Crippen LogP contribution in [-0.2, 0) is 4.74 Å². The lowest BCUT2D eigenvalue weighted by Crippen LogP contribution is -2.41. The number of nitrogens with zero attached hydrogens (tertiary/aromatic N) is 2. The Labute approximate surface area is 171 Å². The molecule has 0 radical (unpaired) electrons. The monoisotopic (exact) mass is 401 g/mol. The first-order valence-electron chi connectivity index (χ1n) is 10.2. The van der Waals surface area contributed by atoms with E-state index in [-0.39, 0.29) is 12.1 Å². The Kier molecular flexibility index (Phi) is 6.57. The highest BCUT2D eigenvalue weighted by Crippen LogP contribution is 2.34. The minimum atomic E-state index is -0.611. The normalized spacial score (nSPS) is 20.9. The van der Waals surface area contributed by atoms with Crippen LogP contribution in [0, 0.1) is 5.92 Å². The second-order valence-electron chi connectivity index (χ2n) is 8.74. The summed E-state index contributed by atoms with van der Waals surface area (Å²) < 4.78 is 10.6. The largest absolute Gasteiger partial charge is 0.481 e. The molecule has 2 aromatic heterocycles. The van der Waals surface area contributed by atoms with E-state index in [9.17, 15) is 9.90 Å². The second kappa shape index (κ2) is 8.95. The summed E-state index contributed by atoms with van der Waals surface area (Å²) in [5.41, 5.74) is 1.71. The summed E-state index contributed by atoms with van der Waals surface area (Å²) in [5.74, 6) is 0.906. The molecule has 2 N–H and O–H groups in total. The molecule has 2 aromatic rings. The van der Waals surface area contributed by atoms with Crippen LogP contribution in [0.3, 0.4) is 0 Å². The van der Waals surface area contributed by atoms with Gasteiger partial charge in [-0.1, -0.05) is 0 Å². The number of carbonyl (C=O) groups excluding carboxylic acids is 1. The molecule has 0 aromatic carbocycles. The van der Waals surface area contributed by atoms with E-state index in [0.29, 0.717) is 23.7 Å². The quantitative estimate of drug-likeness (QED) is 0.782. The van der Waals surface area contributed by atoms with Crippen molar-refractivity contribution in [1.82, 2.24) is 15.3 Å². The van der Waals surface area contributed by atoms with Gasteiger partial charge in [0.25, 0.3) is 0 Å². The lowest BCUT2D eigenvalue weighted by Gasteiger charge is -2.31. The summed E-state index contributed by atoms with van der Waals surface area (Å²) in [6.07, 6.45) is 5.09. The first-order chi connectivity index (χ1) is 13.7. The number of aliphatic hydroxyl groups is 1. The minimum Gasteiger partial charge on any atom is -0.481 e. The lowest BCUT2D eigenvalue weighted by molar-refractivity contribution is 0.0479. The van der Waals surface area contributed by atoms with Gasteiger partial charge >= 0.3 is 6.09 Å². The highest BCUT2D eigenvalue weighted by molar-refractivity contribution is 5.78. The van der Waals surface area contributed by atoms with Crippen LogP contribution in [0.25, 0.3) is 11.0 Å². The Bertz CT molecular complexity index is 842. The molecule has 1 aliphatic carbocycles. The molecular weight excluding hydrogens is 370 g/mol. The van der Waals surface area contributed by atoms with Crippen molar-refractivity contribution in [3.05, 3.63) is 30.0 Å². The Hall–Kier alpha value is -2.41. The van der Waals surface area contributed by atoms with Crippen LogP contribution in [-0.4, -0.2) is 39.9 Å². The van der Waals surface area contributed by atoms with Gasteiger partial charge in [0.1, 0.15) is 5.60 Å². The van der Waals surface area contributed by atoms with Crippen LogP contribution < -0.4 is 10.1 Å². The number of hydrogen-bond donors (Lipinski definition) is 2. The maximum Gasteiger partial charge on any atom is 0.407 e. The highest BCUT2D eigenvalue weighted by Gasteiger charge is 2.27. The smallest absolute Gasteiger partial charge is 0.407 e. The average Bonchev–Trinajstić information content (AvgIpc) is 2.67. The first kappa shape index (κ1) is 21.3. The summed E-state index contributed by atoms with van der Waals surface area (Å²) in [6.45, 7) is 5.58. The second-order valence-corrected chi connectivity index (χ2v) is 8.74. The van der Waals surface area contributed by atoms with Crippen molar-refractivity contribution < 1.29 is 19.4 Å². The predicted molar refractivity (Wildman–Crippen MR) is 111 cm³/mol. The SMILES string of the molecule is COc1ccc2nccc(C(O)CC3CCC(NC(=O)OC(C)(C)C)CC3)c2n1. The molecule has 0 saturated heterocycles. The molecule has 1 aliphatic rings. The van der Waals surface area contributed by atoms with Gasteiger partial charge in [0.05, 0.1) is 24.2 Å². The summed E-state index contributed by atoms with van der Waals surface area (Å²) in [4.78, 5) is 20.8. The third-order valence-corrected chi connectivity index (χ3v) is 5.28. The maximum absolute atomic E-state index is 12.0. The molecule has 2 heterocycles. The van der Waals surface area contributed by atoms with E-state index in [1.54, 1.807) is 19.4 Å². The molecule has 29 heavy (non-hydrogen) atoms. The summed E-state index contributed by atoms with van der Waals surface area (Å²) in [5, 5.41) is 13.8. The van der Waals surface area contributed by atoms with Crippen molar-refractivity contribution in [2.75, 3.05) is 7.11 Å². The van der Waals surface area contributed by atoms with Crippen LogP contribution >= 0.6 is 0 Å². The van der Waals surface area contributed by atoms with E-state index in [1.807, 2.05) is 32.9 Å². The van der Waals surface area contributed by atoms with E-state index in [0.717, 1.165) is 36.8 Å². The van der Waals surface area contributed by atoms with Gasteiger partial charge in [0.2, 0.25) is 5.88 Å². The van der Waals surface area contributed by atoms with Gasteiger partial charge in [0.15, 0.2) is 0 Å². The average molecular weight is 402 g/mol.